The van der Waals surface area contributed by atoms with Gasteiger partial charge in [-0.2, -0.15) is 0 Å². The van der Waals surface area contributed by atoms with Crippen molar-refractivity contribution in [3.05, 3.63) is 71.2 Å². The van der Waals surface area contributed by atoms with E-state index in [1.165, 1.54) is 6.33 Å². The van der Waals surface area contributed by atoms with Gasteiger partial charge in [-0.15, -0.1) is 0 Å². The molecule has 1 aliphatic rings. The monoisotopic (exact) mass is 391 g/mol. The number of anilines is 2. The number of nitrogens with one attached hydrogen (secondary N) is 4. The molecule has 1 aromatic heterocycles. The van der Waals surface area contributed by atoms with Gasteiger partial charge in [0.25, 0.3) is 5.91 Å². The number of nitrogens with zero attached hydrogens (tertiary/aromatic N) is 2. The average molecular weight is 391 g/mol. The standard InChI is InChI=1S/C20H21N7O2/c1-23-20(29)13-4-2-12(3-5-13)17(21)16-18(22)24-10-25-19(16)27-15-8-6-14(7-9-15)26-11-28/h2-8,10-11,15,21H,9H2,1H3,(H,23,29)(H,26,28)(H3,22,24,25,27). The van der Waals surface area contributed by atoms with Crippen molar-refractivity contribution in [3.8, 4) is 0 Å². The molecule has 0 bridgehead atoms. The minimum absolute atomic E-state index is 0.0799. The van der Waals surface area contributed by atoms with Gasteiger partial charge in [0.2, 0.25) is 6.41 Å². The second kappa shape index (κ2) is 8.79. The largest absolute Gasteiger partial charge is 0.383 e. The Morgan fingerprint density at radius 2 is 1.97 bits per heavy atom. The van der Waals surface area contributed by atoms with Crippen molar-refractivity contribution in [1.82, 2.24) is 20.6 Å². The lowest BCUT2D eigenvalue weighted by Gasteiger charge is -2.20. The van der Waals surface area contributed by atoms with Crippen LogP contribution in [0.2, 0.25) is 0 Å². The predicted molar refractivity (Wildman–Crippen MR) is 111 cm³/mol. The Kier molecular flexibility index (Phi) is 5.98. The molecule has 0 saturated carbocycles. The Hall–Kier alpha value is -4.01. The summed E-state index contributed by atoms with van der Waals surface area (Å²) in [5.41, 5.74) is 8.39. The van der Waals surface area contributed by atoms with Crippen molar-refractivity contribution in [1.29, 1.82) is 5.41 Å². The summed E-state index contributed by atoms with van der Waals surface area (Å²) in [6.45, 7) is 0. The number of nitrogen functional groups attached to an aromatic ring is 1. The third-order valence-corrected chi connectivity index (χ3v) is 4.44. The highest BCUT2D eigenvalue weighted by Crippen LogP contribution is 2.24. The van der Waals surface area contributed by atoms with Crippen molar-refractivity contribution in [2.75, 3.05) is 18.1 Å². The number of amides is 2. The molecule has 0 fully saturated rings. The van der Waals surface area contributed by atoms with Gasteiger partial charge in [-0.05, 0) is 24.6 Å². The van der Waals surface area contributed by atoms with Crippen molar-refractivity contribution in [3.63, 3.8) is 0 Å². The fourth-order valence-electron chi connectivity index (χ4n) is 2.91. The van der Waals surface area contributed by atoms with E-state index in [9.17, 15) is 9.59 Å². The zero-order valence-corrected chi connectivity index (χ0v) is 15.8. The molecular weight excluding hydrogens is 370 g/mol. The number of hydrogen-bond acceptors (Lipinski definition) is 7. The quantitative estimate of drug-likeness (QED) is 0.354. The van der Waals surface area contributed by atoms with Gasteiger partial charge in [0.05, 0.1) is 11.3 Å². The third-order valence-electron chi connectivity index (χ3n) is 4.44. The van der Waals surface area contributed by atoms with Crippen molar-refractivity contribution >= 4 is 29.7 Å². The van der Waals surface area contributed by atoms with Crippen LogP contribution >= 0.6 is 0 Å². The molecule has 9 nitrogen and oxygen atoms in total. The molecule has 2 amide bonds. The van der Waals surface area contributed by atoms with E-state index in [-0.39, 0.29) is 23.5 Å². The van der Waals surface area contributed by atoms with Gasteiger partial charge in [0.1, 0.15) is 18.0 Å². The van der Waals surface area contributed by atoms with E-state index < -0.39 is 0 Å². The second-order valence-corrected chi connectivity index (χ2v) is 6.28. The minimum atomic E-state index is -0.200. The summed E-state index contributed by atoms with van der Waals surface area (Å²) in [7, 11) is 1.56. The van der Waals surface area contributed by atoms with Gasteiger partial charge in [0, 0.05) is 29.9 Å². The Bertz CT molecular complexity index is 996. The van der Waals surface area contributed by atoms with Gasteiger partial charge < -0.3 is 21.7 Å². The molecule has 2 aromatic rings. The van der Waals surface area contributed by atoms with Crippen LogP contribution < -0.4 is 21.7 Å². The molecule has 29 heavy (non-hydrogen) atoms. The second-order valence-electron chi connectivity index (χ2n) is 6.28. The van der Waals surface area contributed by atoms with Gasteiger partial charge in [-0.25, -0.2) is 9.97 Å². The highest BCUT2D eigenvalue weighted by molar-refractivity contribution is 6.16. The van der Waals surface area contributed by atoms with Crippen molar-refractivity contribution in [2.45, 2.75) is 12.5 Å². The van der Waals surface area contributed by atoms with Crippen LogP contribution in [0.1, 0.15) is 27.9 Å². The maximum atomic E-state index is 11.7. The van der Waals surface area contributed by atoms with Crippen LogP contribution in [-0.2, 0) is 4.79 Å². The number of rotatable bonds is 7. The number of carbonyl (C=O) groups excluding carboxylic acids is 2. The summed E-state index contributed by atoms with van der Waals surface area (Å²) in [6, 6.07) is 6.58. The normalized spacial score (nSPS) is 15.2. The van der Waals surface area contributed by atoms with E-state index in [1.807, 2.05) is 12.2 Å². The first-order valence-electron chi connectivity index (χ1n) is 8.90. The van der Waals surface area contributed by atoms with Gasteiger partial charge in [0.15, 0.2) is 0 Å². The summed E-state index contributed by atoms with van der Waals surface area (Å²) in [6.07, 6.45) is 8.18. The predicted octanol–water partition coefficient (Wildman–Crippen LogP) is 1.20. The van der Waals surface area contributed by atoms with E-state index in [0.717, 1.165) is 5.70 Å². The van der Waals surface area contributed by atoms with Crippen LogP contribution in [0.25, 0.3) is 0 Å². The first-order valence-corrected chi connectivity index (χ1v) is 8.90. The van der Waals surface area contributed by atoms with Crippen LogP contribution in [-0.4, -0.2) is 41.1 Å². The topological polar surface area (TPSA) is 146 Å². The Morgan fingerprint density at radius 1 is 1.24 bits per heavy atom. The SMILES string of the molecule is CNC(=O)c1ccc(C(=N)c2c(N)ncnc2NC2C=CC(NC=O)=CC2)cc1. The average Bonchev–Trinajstić information content (AvgIpc) is 2.74. The van der Waals surface area contributed by atoms with E-state index in [1.54, 1.807) is 37.4 Å². The Balaban J connectivity index is 1.83. The molecular formula is C20H21N7O2. The summed E-state index contributed by atoms with van der Waals surface area (Å²) in [5.74, 6) is 0.419. The molecule has 0 aliphatic heterocycles. The maximum absolute atomic E-state index is 11.7. The lowest BCUT2D eigenvalue weighted by atomic mass is 10.0. The summed E-state index contributed by atoms with van der Waals surface area (Å²) in [5, 5.41) is 17.0. The Morgan fingerprint density at radius 3 is 2.59 bits per heavy atom. The lowest BCUT2D eigenvalue weighted by molar-refractivity contribution is -0.108. The van der Waals surface area contributed by atoms with Crippen LogP contribution in [0.5, 0.6) is 0 Å². The highest BCUT2D eigenvalue weighted by Gasteiger charge is 2.19. The molecule has 1 atom stereocenters. The van der Waals surface area contributed by atoms with Crippen LogP contribution in [0.4, 0.5) is 11.6 Å². The molecule has 1 aromatic carbocycles. The fourth-order valence-corrected chi connectivity index (χ4v) is 2.91. The number of allylic oxidation sites excluding steroid dienone is 1. The Labute approximate surface area is 167 Å². The summed E-state index contributed by atoms with van der Waals surface area (Å²) >= 11 is 0. The summed E-state index contributed by atoms with van der Waals surface area (Å²) < 4.78 is 0. The van der Waals surface area contributed by atoms with Gasteiger partial charge in [-0.3, -0.25) is 15.0 Å². The number of nitrogens with two attached hydrogens (primary N) is 1. The maximum Gasteiger partial charge on any atom is 0.251 e. The van der Waals surface area contributed by atoms with E-state index in [2.05, 4.69) is 25.9 Å². The molecule has 1 heterocycles. The lowest BCUT2D eigenvalue weighted by Crippen LogP contribution is -2.23. The molecule has 1 unspecified atom stereocenters. The minimum Gasteiger partial charge on any atom is -0.383 e. The molecule has 3 rings (SSSR count). The summed E-state index contributed by atoms with van der Waals surface area (Å²) in [4.78, 5) is 30.5. The molecule has 6 N–H and O–H groups in total. The van der Waals surface area contributed by atoms with Crippen LogP contribution in [0.15, 0.2) is 54.5 Å². The van der Waals surface area contributed by atoms with Gasteiger partial charge >= 0.3 is 0 Å². The zero-order chi connectivity index (χ0) is 20.8. The number of aromatic nitrogens is 2. The molecule has 0 radical (unpaired) electrons. The van der Waals surface area contributed by atoms with Crippen LogP contribution in [0, 0.1) is 5.41 Å². The molecule has 0 saturated heterocycles. The smallest absolute Gasteiger partial charge is 0.251 e. The zero-order valence-electron chi connectivity index (χ0n) is 15.8. The first kappa shape index (κ1) is 19.7. The highest BCUT2D eigenvalue weighted by atomic mass is 16.1. The number of benzene rings is 1. The number of hydrogen-bond donors (Lipinski definition) is 5. The van der Waals surface area contributed by atoms with Crippen molar-refractivity contribution in [2.24, 2.45) is 0 Å². The molecule has 1 aliphatic carbocycles. The molecule has 148 valence electrons. The van der Waals surface area contributed by atoms with Gasteiger partial charge in [-0.1, -0.05) is 24.3 Å². The van der Waals surface area contributed by atoms with E-state index >= 15 is 0 Å². The molecule has 9 heteroatoms. The number of carbonyl (C=O) groups is 2. The van der Waals surface area contributed by atoms with Crippen molar-refractivity contribution < 1.29 is 9.59 Å². The van der Waals surface area contributed by atoms with E-state index in [4.69, 9.17) is 11.1 Å². The third kappa shape index (κ3) is 4.46. The van der Waals surface area contributed by atoms with Crippen LogP contribution in [0.3, 0.4) is 0 Å². The fraction of sp³-hybridized carbons (Fsp3) is 0.150. The molecule has 0 spiro atoms. The first-order chi connectivity index (χ1) is 14.0. The van der Waals surface area contributed by atoms with E-state index in [0.29, 0.717) is 35.3 Å².